The monoisotopic (exact) mass is 315 g/mol. The Bertz CT molecular complexity index is 694. The standard InChI is InChI=1S/C17H25N5O/c1-11-9-18-21-15(11)12-6-5-7-22(10-12)16(23)13-8-14(20-19-13)17(2,3)4/h8-9,12H,5-7,10H2,1-4H3,(H,18,21)(H,19,20)/t12-/m0/s1. The summed E-state index contributed by atoms with van der Waals surface area (Å²) in [5, 5.41) is 14.4. The van der Waals surface area contributed by atoms with Gasteiger partial charge in [0.15, 0.2) is 0 Å². The molecule has 0 aliphatic carbocycles. The average Bonchev–Trinajstić information content (AvgIpc) is 3.15. The number of hydrogen-bond donors (Lipinski definition) is 2. The first-order chi connectivity index (χ1) is 10.9. The topological polar surface area (TPSA) is 77.7 Å². The van der Waals surface area contributed by atoms with Gasteiger partial charge in [-0.15, -0.1) is 0 Å². The van der Waals surface area contributed by atoms with Gasteiger partial charge < -0.3 is 4.90 Å². The van der Waals surface area contributed by atoms with E-state index in [-0.39, 0.29) is 11.3 Å². The van der Waals surface area contributed by atoms with Gasteiger partial charge in [0.25, 0.3) is 5.91 Å². The first-order valence-electron chi connectivity index (χ1n) is 8.21. The maximum absolute atomic E-state index is 12.8. The highest BCUT2D eigenvalue weighted by molar-refractivity contribution is 5.92. The van der Waals surface area contributed by atoms with Crippen molar-refractivity contribution in [3.8, 4) is 0 Å². The number of aryl methyl sites for hydroxylation is 1. The Morgan fingerprint density at radius 1 is 1.35 bits per heavy atom. The number of likely N-dealkylation sites (tertiary alicyclic amines) is 1. The van der Waals surface area contributed by atoms with Crippen LogP contribution in [0.2, 0.25) is 0 Å². The molecule has 6 nitrogen and oxygen atoms in total. The lowest BCUT2D eigenvalue weighted by atomic mass is 9.91. The number of H-pyrrole nitrogens is 2. The fourth-order valence-corrected chi connectivity index (χ4v) is 3.14. The predicted molar refractivity (Wildman–Crippen MR) is 88.5 cm³/mol. The summed E-state index contributed by atoms with van der Waals surface area (Å²) in [4.78, 5) is 14.7. The van der Waals surface area contributed by atoms with Crippen LogP contribution >= 0.6 is 0 Å². The number of nitrogens with zero attached hydrogens (tertiary/aromatic N) is 3. The molecule has 0 unspecified atom stereocenters. The smallest absolute Gasteiger partial charge is 0.274 e. The Morgan fingerprint density at radius 3 is 2.74 bits per heavy atom. The largest absolute Gasteiger partial charge is 0.337 e. The van der Waals surface area contributed by atoms with Crippen LogP contribution in [-0.4, -0.2) is 44.3 Å². The van der Waals surface area contributed by atoms with E-state index in [0.29, 0.717) is 11.6 Å². The fourth-order valence-electron chi connectivity index (χ4n) is 3.14. The Morgan fingerprint density at radius 2 is 2.13 bits per heavy atom. The highest BCUT2D eigenvalue weighted by atomic mass is 16.2. The molecular weight excluding hydrogens is 290 g/mol. The maximum atomic E-state index is 12.8. The third-order valence-electron chi connectivity index (χ3n) is 4.59. The molecule has 0 spiro atoms. The lowest BCUT2D eigenvalue weighted by Crippen LogP contribution is -2.39. The molecule has 0 aromatic carbocycles. The lowest BCUT2D eigenvalue weighted by molar-refractivity contribution is 0.0699. The second kappa shape index (κ2) is 5.83. The van der Waals surface area contributed by atoms with Gasteiger partial charge >= 0.3 is 0 Å². The molecule has 2 aromatic rings. The van der Waals surface area contributed by atoms with E-state index in [4.69, 9.17) is 0 Å². The van der Waals surface area contributed by atoms with Crippen LogP contribution in [-0.2, 0) is 5.41 Å². The molecule has 1 amide bonds. The molecule has 0 radical (unpaired) electrons. The summed E-state index contributed by atoms with van der Waals surface area (Å²) >= 11 is 0. The first kappa shape index (κ1) is 15.8. The van der Waals surface area contributed by atoms with Gasteiger partial charge in [-0.1, -0.05) is 20.8 Å². The molecule has 0 bridgehead atoms. The summed E-state index contributed by atoms with van der Waals surface area (Å²) in [5.41, 5.74) is 3.78. The highest BCUT2D eigenvalue weighted by Crippen LogP contribution is 2.28. The Labute approximate surface area is 136 Å². The number of carbonyl (C=O) groups excluding carboxylic acids is 1. The fraction of sp³-hybridized carbons (Fsp3) is 0.588. The van der Waals surface area contributed by atoms with Crippen LogP contribution in [0.1, 0.15) is 67.0 Å². The Kier molecular flexibility index (Phi) is 4.00. The van der Waals surface area contributed by atoms with E-state index in [9.17, 15) is 4.79 Å². The van der Waals surface area contributed by atoms with Crippen molar-refractivity contribution < 1.29 is 4.79 Å². The number of hydrogen-bond acceptors (Lipinski definition) is 3. The van der Waals surface area contributed by atoms with Crippen LogP contribution in [0.5, 0.6) is 0 Å². The molecule has 6 heteroatoms. The summed E-state index contributed by atoms with van der Waals surface area (Å²) in [6, 6.07) is 1.88. The predicted octanol–water partition coefficient (Wildman–Crippen LogP) is 2.76. The van der Waals surface area contributed by atoms with E-state index in [0.717, 1.165) is 37.3 Å². The van der Waals surface area contributed by atoms with Gasteiger partial charge in [-0.3, -0.25) is 15.0 Å². The molecule has 2 aromatic heterocycles. The highest BCUT2D eigenvalue weighted by Gasteiger charge is 2.29. The van der Waals surface area contributed by atoms with Crippen LogP contribution in [0.15, 0.2) is 12.3 Å². The number of aromatic nitrogens is 4. The first-order valence-corrected chi connectivity index (χ1v) is 8.21. The van der Waals surface area contributed by atoms with E-state index in [1.807, 2.05) is 17.2 Å². The quantitative estimate of drug-likeness (QED) is 0.894. The van der Waals surface area contributed by atoms with Crippen LogP contribution < -0.4 is 0 Å². The van der Waals surface area contributed by atoms with Crippen LogP contribution in [0.3, 0.4) is 0 Å². The van der Waals surface area contributed by atoms with Gasteiger partial charge in [0.1, 0.15) is 5.69 Å². The minimum atomic E-state index is -0.0387. The number of piperidine rings is 1. The van der Waals surface area contributed by atoms with Gasteiger partial charge in [0.2, 0.25) is 0 Å². The zero-order valence-electron chi connectivity index (χ0n) is 14.3. The Hall–Kier alpha value is -2.11. The second-order valence-corrected chi connectivity index (χ2v) is 7.47. The van der Waals surface area contributed by atoms with E-state index in [1.54, 1.807) is 0 Å². The number of carbonyl (C=O) groups is 1. The van der Waals surface area contributed by atoms with Crippen LogP contribution in [0.4, 0.5) is 0 Å². The van der Waals surface area contributed by atoms with E-state index in [1.165, 1.54) is 5.56 Å². The number of nitrogens with one attached hydrogen (secondary N) is 2. The summed E-state index contributed by atoms with van der Waals surface area (Å²) in [7, 11) is 0. The summed E-state index contributed by atoms with van der Waals surface area (Å²) in [5.74, 6) is 0.342. The van der Waals surface area contributed by atoms with Gasteiger partial charge in [-0.2, -0.15) is 10.2 Å². The van der Waals surface area contributed by atoms with Gasteiger partial charge in [0.05, 0.1) is 6.20 Å². The second-order valence-electron chi connectivity index (χ2n) is 7.47. The van der Waals surface area contributed by atoms with E-state index >= 15 is 0 Å². The summed E-state index contributed by atoms with van der Waals surface area (Å²) in [6.45, 7) is 9.88. The molecule has 1 aliphatic rings. The van der Waals surface area contributed by atoms with Crippen molar-refractivity contribution in [1.29, 1.82) is 0 Å². The third-order valence-corrected chi connectivity index (χ3v) is 4.59. The molecule has 0 saturated carbocycles. The van der Waals surface area contributed by atoms with Crippen molar-refractivity contribution in [3.63, 3.8) is 0 Å². The lowest BCUT2D eigenvalue weighted by Gasteiger charge is -2.32. The number of amides is 1. The van der Waals surface area contributed by atoms with Crippen molar-refractivity contribution in [2.24, 2.45) is 0 Å². The van der Waals surface area contributed by atoms with E-state index < -0.39 is 0 Å². The SMILES string of the molecule is Cc1cn[nH]c1[C@H]1CCCN(C(=O)c2cc(C(C)(C)C)[nH]n2)C1. The molecule has 1 fully saturated rings. The van der Waals surface area contributed by atoms with E-state index in [2.05, 4.69) is 48.1 Å². The van der Waals surface area contributed by atoms with Gasteiger partial charge in [0, 0.05) is 35.8 Å². The molecule has 1 saturated heterocycles. The maximum Gasteiger partial charge on any atom is 0.274 e. The van der Waals surface area contributed by atoms with Crippen molar-refractivity contribution >= 4 is 5.91 Å². The average molecular weight is 315 g/mol. The number of aromatic amines is 2. The van der Waals surface area contributed by atoms with Crippen LogP contribution in [0.25, 0.3) is 0 Å². The minimum Gasteiger partial charge on any atom is -0.337 e. The number of rotatable bonds is 2. The molecular formula is C17H25N5O. The zero-order valence-corrected chi connectivity index (χ0v) is 14.3. The van der Waals surface area contributed by atoms with Crippen molar-refractivity contribution in [3.05, 3.63) is 34.9 Å². The molecule has 3 rings (SSSR count). The molecule has 1 atom stereocenters. The molecule has 23 heavy (non-hydrogen) atoms. The molecule has 3 heterocycles. The Balaban J connectivity index is 1.75. The summed E-state index contributed by atoms with van der Waals surface area (Å²) in [6.07, 6.45) is 3.94. The molecule has 2 N–H and O–H groups in total. The summed E-state index contributed by atoms with van der Waals surface area (Å²) < 4.78 is 0. The van der Waals surface area contributed by atoms with Gasteiger partial charge in [-0.05, 0) is 31.4 Å². The minimum absolute atomic E-state index is 0.0126. The van der Waals surface area contributed by atoms with Crippen molar-refractivity contribution in [1.82, 2.24) is 25.3 Å². The van der Waals surface area contributed by atoms with Gasteiger partial charge in [-0.25, -0.2) is 0 Å². The normalized spacial score (nSPS) is 19.1. The zero-order chi connectivity index (χ0) is 16.6. The van der Waals surface area contributed by atoms with Crippen LogP contribution in [0, 0.1) is 6.92 Å². The third kappa shape index (κ3) is 3.16. The molecule has 1 aliphatic heterocycles. The van der Waals surface area contributed by atoms with Crippen molar-refractivity contribution in [2.75, 3.05) is 13.1 Å². The van der Waals surface area contributed by atoms with Crippen molar-refractivity contribution in [2.45, 2.75) is 51.9 Å². The molecule has 124 valence electrons.